The normalized spacial score (nSPS) is 11.1. The molecule has 0 spiro atoms. The summed E-state index contributed by atoms with van der Waals surface area (Å²) in [4.78, 5) is 14.1. The number of hydrogen-bond acceptors (Lipinski definition) is 4. The first kappa shape index (κ1) is 22.2. The summed E-state index contributed by atoms with van der Waals surface area (Å²) in [6.45, 7) is 6.87. The Balaban J connectivity index is 2.26. The van der Waals surface area contributed by atoms with Crippen molar-refractivity contribution in [2.45, 2.75) is 78.6 Å². The van der Waals surface area contributed by atoms with Crippen LogP contribution in [0.5, 0.6) is 0 Å². The average molecular weight is 380 g/mol. The fourth-order valence-corrected chi connectivity index (χ4v) is 2.90. The fraction of sp³-hybridized carbons (Fsp3) is 0.650. The molecular formula is C20H30ClN3O2. The third-order valence-electron chi connectivity index (χ3n) is 4.17. The molecule has 2 N–H and O–H groups in total. The first-order valence-electron chi connectivity index (χ1n) is 9.29. The summed E-state index contributed by atoms with van der Waals surface area (Å²) in [5.74, 6) is 5.96. The molecule has 0 atom stereocenters. The number of pyridine rings is 1. The number of nitrogens with two attached hydrogens (primary N) is 1. The fourth-order valence-electron chi connectivity index (χ4n) is 2.64. The number of anilines is 1. The zero-order chi connectivity index (χ0) is 19.6. The summed E-state index contributed by atoms with van der Waals surface area (Å²) < 4.78 is 0. The summed E-state index contributed by atoms with van der Waals surface area (Å²) >= 11 is 6.00. The first-order valence-corrected chi connectivity index (χ1v) is 9.67. The molecule has 144 valence electrons. The van der Waals surface area contributed by atoms with Crippen molar-refractivity contribution >= 4 is 23.1 Å². The molecule has 0 aromatic carbocycles. The Kier molecular flexibility index (Phi) is 9.43. The molecule has 0 bridgehead atoms. The summed E-state index contributed by atoms with van der Waals surface area (Å²) in [6, 6.07) is 0. The van der Waals surface area contributed by atoms with E-state index >= 15 is 0 Å². The van der Waals surface area contributed by atoms with Gasteiger partial charge in [-0.2, -0.15) is 0 Å². The highest BCUT2D eigenvalue weighted by Crippen LogP contribution is 2.29. The van der Waals surface area contributed by atoms with E-state index in [2.05, 4.69) is 37.6 Å². The van der Waals surface area contributed by atoms with E-state index in [1.165, 1.54) is 38.5 Å². The van der Waals surface area contributed by atoms with Gasteiger partial charge in [-0.05, 0) is 18.3 Å². The van der Waals surface area contributed by atoms with Crippen molar-refractivity contribution in [3.8, 4) is 11.8 Å². The largest absolute Gasteiger partial charge is 0.383 e. The summed E-state index contributed by atoms with van der Waals surface area (Å²) in [6.07, 6.45) is 11.6. The van der Waals surface area contributed by atoms with Gasteiger partial charge in [-0.15, -0.1) is 0 Å². The second kappa shape index (κ2) is 11.0. The van der Waals surface area contributed by atoms with Crippen molar-refractivity contribution in [1.29, 1.82) is 0 Å². The lowest BCUT2D eigenvalue weighted by Crippen LogP contribution is -2.03. The number of halogens is 1. The zero-order valence-electron chi connectivity index (χ0n) is 16.1. The molecule has 1 rings (SSSR count). The van der Waals surface area contributed by atoms with Gasteiger partial charge in [0.1, 0.15) is 17.0 Å². The third-order valence-corrected chi connectivity index (χ3v) is 4.55. The number of unbranched alkanes of at least 4 members (excludes halogenated alkanes) is 7. The van der Waals surface area contributed by atoms with Gasteiger partial charge in [0, 0.05) is 6.42 Å². The lowest BCUT2D eigenvalue weighted by Gasteiger charge is -2.17. The SMILES string of the molecule is CC(C)(C)CCCCCCCCCC#Cc1c(N)ncc([N+](=O)[O-])c1Cl. The first-order chi connectivity index (χ1) is 12.2. The van der Waals surface area contributed by atoms with Crippen LogP contribution in [0.1, 0.15) is 84.1 Å². The molecule has 6 heteroatoms. The Morgan fingerprint density at radius 3 is 2.31 bits per heavy atom. The number of hydrogen-bond donors (Lipinski definition) is 1. The van der Waals surface area contributed by atoms with E-state index in [0.29, 0.717) is 5.41 Å². The van der Waals surface area contributed by atoms with Gasteiger partial charge in [0.05, 0.1) is 10.5 Å². The molecular weight excluding hydrogens is 350 g/mol. The number of aromatic nitrogens is 1. The van der Waals surface area contributed by atoms with E-state index in [9.17, 15) is 10.1 Å². The topological polar surface area (TPSA) is 82.0 Å². The molecule has 1 aromatic rings. The molecule has 0 aliphatic heterocycles. The highest BCUT2D eigenvalue weighted by molar-refractivity contribution is 6.34. The standard InChI is InChI=1S/C20H30ClN3O2/c1-20(2,3)14-12-10-8-6-4-5-7-9-11-13-16-18(21)17(24(25)26)15-23-19(16)22/h15H,4-10,12,14H2,1-3H3,(H2,22,23). The van der Waals surface area contributed by atoms with Crippen molar-refractivity contribution in [2.24, 2.45) is 5.41 Å². The Morgan fingerprint density at radius 2 is 1.73 bits per heavy atom. The van der Waals surface area contributed by atoms with Crippen molar-refractivity contribution in [3.05, 3.63) is 26.9 Å². The van der Waals surface area contributed by atoms with Crippen LogP contribution in [0.2, 0.25) is 5.02 Å². The predicted molar refractivity (Wildman–Crippen MR) is 108 cm³/mol. The van der Waals surface area contributed by atoms with Crippen LogP contribution in [0, 0.1) is 27.4 Å². The molecule has 0 unspecified atom stereocenters. The van der Waals surface area contributed by atoms with E-state index in [1.807, 2.05) is 0 Å². The second-order valence-electron chi connectivity index (χ2n) is 7.81. The smallest absolute Gasteiger partial charge is 0.307 e. The van der Waals surface area contributed by atoms with Gasteiger partial charge in [0.25, 0.3) is 0 Å². The van der Waals surface area contributed by atoms with Gasteiger partial charge in [-0.1, -0.05) is 82.7 Å². The predicted octanol–water partition coefficient (Wildman–Crippen LogP) is 6.13. The van der Waals surface area contributed by atoms with Gasteiger partial charge in [0.15, 0.2) is 0 Å². The van der Waals surface area contributed by atoms with Crippen LogP contribution in [-0.2, 0) is 0 Å². The van der Waals surface area contributed by atoms with E-state index < -0.39 is 4.92 Å². The molecule has 1 heterocycles. The molecule has 0 radical (unpaired) electrons. The average Bonchev–Trinajstić information content (AvgIpc) is 2.53. The van der Waals surface area contributed by atoms with E-state index in [4.69, 9.17) is 17.3 Å². The molecule has 0 fully saturated rings. The van der Waals surface area contributed by atoms with Gasteiger partial charge < -0.3 is 5.73 Å². The van der Waals surface area contributed by atoms with Crippen LogP contribution in [-0.4, -0.2) is 9.91 Å². The Labute approximate surface area is 161 Å². The Morgan fingerprint density at radius 1 is 1.15 bits per heavy atom. The van der Waals surface area contributed by atoms with Crippen molar-refractivity contribution in [2.75, 3.05) is 5.73 Å². The maximum absolute atomic E-state index is 10.9. The van der Waals surface area contributed by atoms with Gasteiger partial charge in [-0.25, -0.2) is 4.98 Å². The van der Waals surface area contributed by atoms with Crippen molar-refractivity contribution in [1.82, 2.24) is 4.98 Å². The molecule has 0 aliphatic carbocycles. The highest BCUT2D eigenvalue weighted by Gasteiger charge is 2.18. The van der Waals surface area contributed by atoms with Gasteiger partial charge in [-0.3, -0.25) is 10.1 Å². The van der Waals surface area contributed by atoms with Crippen LogP contribution in [0.25, 0.3) is 0 Å². The monoisotopic (exact) mass is 379 g/mol. The maximum Gasteiger partial charge on any atom is 0.307 e. The van der Waals surface area contributed by atoms with Crippen LogP contribution < -0.4 is 5.73 Å². The van der Waals surface area contributed by atoms with Crippen molar-refractivity contribution < 1.29 is 4.92 Å². The number of nitrogens with zero attached hydrogens (tertiary/aromatic N) is 2. The Bertz CT molecular complexity index is 657. The summed E-state index contributed by atoms with van der Waals surface area (Å²) in [5, 5.41) is 10.8. The van der Waals surface area contributed by atoms with Gasteiger partial charge in [0.2, 0.25) is 0 Å². The van der Waals surface area contributed by atoms with E-state index in [1.54, 1.807) is 0 Å². The minimum absolute atomic E-state index is 0.0368. The summed E-state index contributed by atoms with van der Waals surface area (Å²) in [7, 11) is 0. The van der Waals surface area contributed by atoms with Crippen LogP contribution >= 0.6 is 11.6 Å². The Hall–Kier alpha value is -1.80. The molecule has 0 amide bonds. The minimum Gasteiger partial charge on any atom is -0.383 e. The summed E-state index contributed by atoms with van der Waals surface area (Å²) in [5.41, 5.74) is 6.14. The van der Waals surface area contributed by atoms with E-state index in [-0.39, 0.29) is 22.1 Å². The lowest BCUT2D eigenvalue weighted by atomic mass is 9.89. The molecule has 0 aliphatic rings. The minimum atomic E-state index is -0.582. The number of rotatable bonds is 9. The third kappa shape index (κ3) is 8.53. The zero-order valence-corrected chi connectivity index (χ0v) is 16.9. The quantitative estimate of drug-likeness (QED) is 0.242. The van der Waals surface area contributed by atoms with Gasteiger partial charge >= 0.3 is 5.69 Å². The van der Waals surface area contributed by atoms with Crippen molar-refractivity contribution in [3.63, 3.8) is 0 Å². The maximum atomic E-state index is 10.9. The van der Waals surface area contributed by atoms with Crippen LogP contribution in [0.4, 0.5) is 11.5 Å². The second-order valence-corrected chi connectivity index (χ2v) is 8.19. The number of nitrogen functional groups attached to an aromatic ring is 1. The molecule has 0 saturated carbocycles. The highest BCUT2D eigenvalue weighted by atomic mass is 35.5. The molecule has 1 aromatic heterocycles. The van der Waals surface area contributed by atoms with Crippen LogP contribution in [0.15, 0.2) is 6.20 Å². The van der Waals surface area contributed by atoms with E-state index in [0.717, 1.165) is 25.5 Å². The number of nitro groups is 1. The molecule has 5 nitrogen and oxygen atoms in total. The molecule has 0 saturated heterocycles. The van der Waals surface area contributed by atoms with Crippen LogP contribution in [0.3, 0.4) is 0 Å². The molecule has 26 heavy (non-hydrogen) atoms. The lowest BCUT2D eigenvalue weighted by molar-refractivity contribution is -0.385.